The molecule has 0 spiro atoms. The molecular formula is C2H3Cl2O3P. The highest BCUT2D eigenvalue weighted by molar-refractivity contribution is 7.59. The van der Waals surface area contributed by atoms with Gasteiger partial charge in [0.15, 0.2) is 0 Å². The summed E-state index contributed by atoms with van der Waals surface area (Å²) >= 11 is 9.76. The molecule has 0 fully saturated rings. The van der Waals surface area contributed by atoms with E-state index in [9.17, 15) is 4.57 Å². The highest BCUT2D eigenvalue weighted by atomic mass is 35.5. The van der Waals surface area contributed by atoms with Crippen LogP contribution >= 0.6 is 30.8 Å². The van der Waals surface area contributed by atoms with Gasteiger partial charge in [-0.1, -0.05) is 23.2 Å². The minimum absolute atomic E-state index is 0.640. The molecule has 48 valence electrons. The second kappa shape index (κ2) is 2.85. The Balaban J connectivity index is 4.27. The molecule has 0 bridgehead atoms. The van der Waals surface area contributed by atoms with Gasteiger partial charge in [0.2, 0.25) is 0 Å². The Labute approximate surface area is 56.1 Å². The van der Waals surface area contributed by atoms with Gasteiger partial charge in [-0.3, -0.25) is 4.57 Å². The third-order valence-corrected chi connectivity index (χ3v) is 2.31. The van der Waals surface area contributed by atoms with E-state index in [4.69, 9.17) is 33.0 Å². The van der Waals surface area contributed by atoms with Crippen molar-refractivity contribution in [2.24, 2.45) is 0 Å². The number of hydrogen-bond donors (Lipinski definition) is 2. The van der Waals surface area contributed by atoms with Crippen LogP contribution in [0.3, 0.4) is 0 Å². The highest BCUT2D eigenvalue weighted by Crippen LogP contribution is 2.47. The van der Waals surface area contributed by atoms with E-state index in [0.29, 0.717) is 5.54 Å². The lowest BCUT2D eigenvalue weighted by Crippen LogP contribution is -1.73. The molecule has 0 atom stereocenters. The molecule has 0 heterocycles. The smallest absolute Gasteiger partial charge is 0.320 e. The topological polar surface area (TPSA) is 57.5 Å². The Hall–Kier alpha value is 0.470. The van der Waals surface area contributed by atoms with Crippen LogP contribution in [0.25, 0.3) is 0 Å². The van der Waals surface area contributed by atoms with Crippen molar-refractivity contribution in [2.45, 2.75) is 0 Å². The van der Waals surface area contributed by atoms with Crippen molar-refractivity contribution in [3.05, 3.63) is 10.3 Å². The quantitative estimate of drug-likeness (QED) is 0.595. The van der Waals surface area contributed by atoms with Crippen LogP contribution in [0.15, 0.2) is 10.3 Å². The summed E-state index contributed by atoms with van der Waals surface area (Å²) in [6.45, 7) is 0. The van der Waals surface area contributed by atoms with E-state index in [0.717, 1.165) is 0 Å². The summed E-state index contributed by atoms with van der Waals surface area (Å²) in [6, 6.07) is 0. The Morgan fingerprint density at radius 1 is 1.62 bits per heavy atom. The van der Waals surface area contributed by atoms with Crippen LogP contribution in [-0.2, 0) is 4.57 Å². The summed E-state index contributed by atoms with van der Waals surface area (Å²) in [7, 11) is -4.26. The van der Waals surface area contributed by atoms with Gasteiger partial charge in [0.1, 0.15) is 4.77 Å². The van der Waals surface area contributed by atoms with Crippen LogP contribution in [0.2, 0.25) is 0 Å². The van der Waals surface area contributed by atoms with Crippen molar-refractivity contribution < 1.29 is 14.4 Å². The predicted octanol–water partition coefficient (Wildman–Crippen LogP) is 1.44. The van der Waals surface area contributed by atoms with Gasteiger partial charge in [-0.2, -0.15) is 0 Å². The van der Waals surface area contributed by atoms with Crippen LogP contribution in [0.1, 0.15) is 0 Å². The maximum absolute atomic E-state index is 9.97. The summed E-state index contributed by atoms with van der Waals surface area (Å²) in [6.07, 6.45) is 0. The fourth-order valence-electron chi connectivity index (χ4n) is 0.0636. The fraction of sp³-hybridized carbons (Fsp3) is 0. The maximum atomic E-state index is 9.97. The molecule has 0 saturated heterocycles. The standard InChI is InChI=1S/C2H3Cl2O3P/c3-1-2(4)8(5,6)7/h1H,(H2,5,6,7). The maximum Gasteiger partial charge on any atom is 0.368 e. The first-order valence-corrected chi connectivity index (χ1v) is 3.93. The van der Waals surface area contributed by atoms with E-state index in [1.165, 1.54) is 0 Å². The predicted molar refractivity (Wildman–Crippen MR) is 31.8 cm³/mol. The third kappa shape index (κ3) is 2.70. The molecule has 0 saturated carbocycles. The van der Waals surface area contributed by atoms with E-state index >= 15 is 0 Å². The van der Waals surface area contributed by atoms with Crippen molar-refractivity contribution in [1.82, 2.24) is 0 Å². The van der Waals surface area contributed by atoms with Gasteiger partial charge in [-0.05, 0) is 0 Å². The minimum atomic E-state index is -4.26. The molecule has 0 aliphatic heterocycles. The van der Waals surface area contributed by atoms with E-state index in [1.807, 2.05) is 0 Å². The molecule has 0 aliphatic carbocycles. The first-order chi connectivity index (χ1) is 3.48. The van der Waals surface area contributed by atoms with Gasteiger partial charge in [-0.25, -0.2) is 0 Å². The molecule has 0 aromatic carbocycles. The van der Waals surface area contributed by atoms with Crippen molar-refractivity contribution in [3.63, 3.8) is 0 Å². The zero-order valence-corrected chi connectivity index (χ0v) is 5.99. The van der Waals surface area contributed by atoms with Crippen LogP contribution in [0.5, 0.6) is 0 Å². The van der Waals surface area contributed by atoms with Gasteiger partial charge < -0.3 is 9.79 Å². The van der Waals surface area contributed by atoms with E-state index in [1.54, 1.807) is 0 Å². The minimum Gasteiger partial charge on any atom is -0.320 e. The summed E-state index contributed by atoms with van der Waals surface area (Å²) in [5.41, 5.74) is 0.641. The highest BCUT2D eigenvalue weighted by Gasteiger charge is 2.17. The van der Waals surface area contributed by atoms with E-state index in [-0.39, 0.29) is 0 Å². The summed E-state index contributed by atoms with van der Waals surface area (Å²) in [5.74, 6) is 0. The summed E-state index contributed by atoms with van der Waals surface area (Å²) in [4.78, 5) is 16.2. The van der Waals surface area contributed by atoms with Crippen molar-refractivity contribution >= 4 is 30.8 Å². The molecular weight excluding hydrogens is 174 g/mol. The van der Waals surface area contributed by atoms with Crippen molar-refractivity contribution in [1.29, 1.82) is 0 Å². The lowest BCUT2D eigenvalue weighted by Gasteiger charge is -1.96. The lowest BCUT2D eigenvalue weighted by atomic mass is 11.2. The zero-order chi connectivity index (χ0) is 6.78. The van der Waals surface area contributed by atoms with E-state index in [2.05, 4.69) is 0 Å². The van der Waals surface area contributed by atoms with Gasteiger partial charge in [-0.15, -0.1) is 0 Å². The zero-order valence-electron chi connectivity index (χ0n) is 3.58. The molecule has 0 rings (SSSR count). The molecule has 0 amide bonds. The molecule has 2 N–H and O–H groups in total. The molecule has 3 nitrogen and oxygen atoms in total. The SMILES string of the molecule is O=P(O)(O)C(Cl)=CCl. The molecule has 6 heteroatoms. The first kappa shape index (κ1) is 8.47. The number of hydrogen-bond acceptors (Lipinski definition) is 1. The Morgan fingerprint density at radius 2 is 2.00 bits per heavy atom. The van der Waals surface area contributed by atoms with E-state index < -0.39 is 12.4 Å². The van der Waals surface area contributed by atoms with Crippen molar-refractivity contribution in [2.75, 3.05) is 0 Å². The Bertz CT molecular complexity index is 147. The molecule has 8 heavy (non-hydrogen) atoms. The second-order valence-corrected chi connectivity index (χ2v) is 3.43. The lowest BCUT2D eigenvalue weighted by molar-refractivity contribution is 0.385. The third-order valence-electron chi connectivity index (χ3n) is 0.368. The fourth-order valence-corrected chi connectivity index (χ4v) is 0.572. The van der Waals surface area contributed by atoms with Gasteiger partial charge in [0, 0.05) is 5.54 Å². The van der Waals surface area contributed by atoms with Crippen LogP contribution in [-0.4, -0.2) is 9.79 Å². The second-order valence-electron chi connectivity index (χ2n) is 0.976. The summed E-state index contributed by atoms with van der Waals surface area (Å²) < 4.78 is 9.33. The van der Waals surface area contributed by atoms with Crippen LogP contribution < -0.4 is 0 Å². The number of halogens is 2. The average Bonchev–Trinajstić information content (AvgIpc) is 1.62. The van der Waals surface area contributed by atoms with Crippen LogP contribution in [0, 0.1) is 0 Å². The monoisotopic (exact) mass is 176 g/mol. The molecule has 0 aliphatic rings. The molecule has 0 aromatic heterocycles. The largest absolute Gasteiger partial charge is 0.368 e. The molecule has 0 aromatic rings. The normalized spacial score (nSPS) is 14.2. The average molecular weight is 177 g/mol. The molecule has 0 unspecified atom stereocenters. The molecule has 0 radical (unpaired) electrons. The first-order valence-electron chi connectivity index (χ1n) is 1.50. The van der Waals surface area contributed by atoms with Gasteiger partial charge in [0.05, 0.1) is 0 Å². The Kier molecular flexibility index (Phi) is 3.02. The van der Waals surface area contributed by atoms with Gasteiger partial charge in [0.25, 0.3) is 0 Å². The Morgan fingerprint density at radius 3 is 2.00 bits per heavy atom. The summed E-state index contributed by atoms with van der Waals surface area (Å²) in [5, 5.41) is 0. The number of rotatable bonds is 1. The van der Waals surface area contributed by atoms with Crippen molar-refractivity contribution in [3.8, 4) is 0 Å². The van der Waals surface area contributed by atoms with Crippen LogP contribution in [0.4, 0.5) is 0 Å². The van der Waals surface area contributed by atoms with Gasteiger partial charge >= 0.3 is 7.60 Å².